The summed E-state index contributed by atoms with van der Waals surface area (Å²) in [4.78, 5) is 2.87. The highest BCUT2D eigenvalue weighted by atomic mass is 32.1. The van der Waals surface area contributed by atoms with E-state index < -0.39 is 0 Å². The fourth-order valence-electron chi connectivity index (χ4n) is 2.54. The standard InChI is InChI=1S/C14H20N2OS/c1-10-9-13(17-2)7-8-16(10)12-5-3-11(4-6-12)14(15)18/h3-6,10,13H,7-9H2,1-2H3,(H2,15,18). The van der Waals surface area contributed by atoms with Crippen LogP contribution < -0.4 is 10.6 Å². The minimum Gasteiger partial charge on any atom is -0.389 e. The number of methoxy groups -OCH3 is 1. The summed E-state index contributed by atoms with van der Waals surface area (Å²) in [5.41, 5.74) is 7.76. The number of nitrogens with two attached hydrogens (primary N) is 1. The molecule has 1 heterocycles. The van der Waals surface area contributed by atoms with Gasteiger partial charge in [0.2, 0.25) is 0 Å². The summed E-state index contributed by atoms with van der Waals surface area (Å²) in [7, 11) is 1.80. The number of anilines is 1. The smallest absolute Gasteiger partial charge is 0.103 e. The van der Waals surface area contributed by atoms with Crippen LogP contribution in [0.4, 0.5) is 5.69 Å². The maximum Gasteiger partial charge on any atom is 0.103 e. The first-order valence-corrected chi connectivity index (χ1v) is 6.72. The molecule has 0 spiro atoms. The molecular formula is C14H20N2OS. The van der Waals surface area contributed by atoms with Crippen LogP contribution in [0.3, 0.4) is 0 Å². The molecule has 0 bridgehead atoms. The Morgan fingerprint density at radius 1 is 1.39 bits per heavy atom. The van der Waals surface area contributed by atoms with Gasteiger partial charge in [-0.3, -0.25) is 0 Å². The fraction of sp³-hybridized carbons (Fsp3) is 0.500. The molecule has 1 aromatic carbocycles. The largest absolute Gasteiger partial charge is 0.389 e. The molecule has 4 heteroatoms. The van der Waals surface area contributed by atoms with Crippen molar-refractivity contribution in [2.45, 2.75) is 31.9 Å². The van der Waals surface area contributed by atoms with E-state index in [9.17, 15) is 0 Å². The van der Waals surface area contributed by atoms with E-state index in [2.05, 4.69) is 24.0 Å². The lowest BCUT2D eigenvalue weighted by molar-refractivity contribution is 0.0721. The second-order valence-electron chi connectivity index (χ2n) is 4.84. The van der Waals surface area contributed by atoms with Crippen LogP contribution in [-0.2, 0) is 4.74 Å². The first-order chi connectivity index (χ1) is 8.61. The molecule has 1 aromatic rings. The van der Waals surface area contributed by atoms with Crippen LogP contribution in [0.5, 0.6) is 0 Å². The molecule has 98 valence electrons. The van der Waals surface area contributed by atoms with E-state index in [1.807, 2.05) is 12.1 Å². The Bertz CT molecular complexity index is 418. The molecule has 0 amide bonds. The lowest BCUT2D eigenvalue weighted by Gasteiger charge is -2.38. The van der Waals surface area contributed by atoms with Gasteiger partial charge >= 0.3 is 0 Å². The van der Waals surface area contributed by atoms with Gasteiger partial charge in [-0.2, -0.15) is 0 Å². The van der Waals surface area contributed by atoms with Crippen molar-refractivity contribution in [2.75, 3.05) is 18.6 Å². The van der Waals surface area contributed by atoms with E-state index in [1.54, 1.807) is 7.11 Å². The molecule has 2 unspecified atom stereocenters. The number of hydrogen-bond donors (Lipinski definition) is 1. The molecule has 2 rings (SSSR count). The fourth-order valence-corrected chi connectivity index (χ4v) is 2.68. The SMILES string of the molecule is COC1CCN(c2ccc(C(N)=S)cc2)C(C)C1. The van der Waals surface area contributed by atoms with Crippen molar-refractivity contribution in [3.63, 3.8) is 0 Å². The second-order valence-corrected chi connectivity index (χ2v) is 5.28. The third-order valence-electron chi connectivity index (χ3n) is 3.64. The number of piperidine rings is 1. The highest BCUT2D eigenvalue weighted by Crippen LogP contribution is 2.26. The Morgan fingerprint density at radius 3 is 2.56 bits per heavy atom. The van der Waals surface area contributed by atoms with Gasteiger partial charge in [0.1, 0.15) is 4.99 Å². The van der Waals surface area contributed by atoms with E-state index in [0.717, 1.165) is 24.9 Å². The van der Waals surface area contributed by atoms with Crippen LogP contribution in [0, 0.1) is 0 Å². The van der Waals surface area contributed by atoms with Gasteiger partial charge in [0.15, 0.2) is 0 Å². The zero-order valence-corrected chi connectivity index (χ0v) is 11.7. The molecule has 3 nitrogen and oxygen atoms in total. The molecule has 1 saturated heterocycles. The molecule has 2 atom stereocenters. The van der Waals surface area contributed by atoms with E-state index >= 15 is 0 Å². The van der Waals surface area contributed by atoms with Crippen LogP contribution >= 0.6 is 12.2 Å². The van der Waals surface area contributed by atoms with E-state index in [4.69, 9.17) is 22.7 Å². The molecule has 0 saturated carbocycles. The van der Waals surface area contributed by atoms with Gasteiger partial charge in [0.05, 0.1) is 6.10 Å². The van der Waals surface area contributed by atoms with Crippen LogP contribution in [0.1, 0.15) is 25.3 Å². The molecule has 0 aromatic heterocycles. The molecule has 0 radical (unpaired) electrons. The maximum atomic E-state index is 5.61. The van der Waals surface area contributed by atoms with Crippen molar-refractivity contribution in [1.29, 1.82) is 0 Å². The molecule has 1 aliphatic heterocycles. The zero-order valence-electron chi connectivity index (χ0n) is 10.9. The first kappa shape index (κ1) is 13.3. The molecule has 2 N–H and O–H groups in total. The third kappa shape index (κ3) is 2.82. The summed E-state index contributed by atoms with van der Waals surface area (Å²) in [5, 5.41) is 0. The molecule has 1 fully saturated rings. The summed E-state index contributed by atoms with van der Waals surface area (Å²) < 4.78 is 5.44. The third-order valence-corrected chi connectivity index (χ3v) is 3.88. The number of thiocarbonyl (C=S) groups is 1. The lowest BCUT2D eigenvalue weighted by atomic mass is 9.99. The van der Waals surface area contributed by atoms with Crippen LogP contribution in [0.2, 0.25) is 0 Å². The average molecular weight is 264 g/mol. The maximum absolute atomic E-state index is 5.61. The first-order valence-electron chi connectivity index (χ1n) is 6.31. The van der Waals surface area contributed by atoms with Crippen LogP contribution in [0.15, 0.2) is 24.3 Å². The highest BCUT2D eigenvalue weighted by molar-refractivity contribution is 7.80. The number of benzene rings is 1. The van der Waals surface area contributed by atoms with Crippen molar-refractivity contribution in [1.82, 2.24) is 0 Å². The summed E-state index contributed by atoms with van der Waals surface area (Å²) >= 11 is 4.96. The lowest BCUT2D eigenvalue weighted by Crippen LogP contribution is -2.43. The van der Waals surface area contributed by atoms with Gasteiger partial charge in [0.25, 0.3) is 0 Å². The van der Waals surface area contributed by atoms with Gasteiger partial charge in [-0.1, -0.05) is 12.2 Å². The Balaban J connectivity index is 2.10. The van der Waals surface area contributed by atoms with Crippen LogP contribution in [0.25, 0.3) is 0 Å². The second kappa shape index (κ2) is 5.67. The molecule has 0 aliphatic carbocycles. The van der Waals surface area contributed by atoms with Crippen molar-refractivity contribution >= 4 is 22.9 Å². The predicted molar refractivity (Wildman–Crippen MR) is 79.2 cm³/mol. The van der Waals surface area contributed by atoms with Gasteiger partial charge in [-0.25, -0.2) is 0 Å². The van der Waals surface area contributed by atoms with Crippen molar-refractivity contribution in [3.05, 3.63) is 29.8 Å². The van der Waals surface area contributed by atoms with Crippen LogP contribution in [-0.4, -0.2) is 30.8 Å². The average Bonchev–Trinajstić information content (AvgIpc) is 2.38. The number of hydrogen-bond acceptors (Lipinski definition) is 3. The topological polar surface area (TPSA) is 38.5 Å². The highest BCUT2D eigenvalue weighted by Gasteiger charge is 2.25. The number of nitrogens with zero attached hydrogens (tertiary/aromatic N) is 1. The normalized spacial score (nSPS) is 24.0. The summed E-state index contributed by atoms with van der Waals surface area (Å²) in [6.07, 6.45) is 2.55. The van der Waals surface area contributed by atoms with Crippen molar-refractivity contribution < 1.29 is 4.74 Å². The van der Waals surface area contributed by atoms with Gasteiger partial charge in [-0.05, 0) is 44.0 Å². The summed E-state index contributed by atoms with van der Waals surface area (Å²) in [6, 6.07) is 8.68. The zero-order chi connectivity index (χ0) is 13.1. The van der Waals surface area contributed by atoms with Gasteiger partial charge in [-0.15, -0.1) is 0 Å². The Kier molecular flexibility index (Phi) is 4.19. The van der Waals surface area contributed by atoms with Crippen molar-refractivity contribution in [3.8, 4) is 0 Å². The van der Waals surface area contributed by atoms with E-state index in [1.165, 1.54) is 5.69 Å². The van der Waals surface area contributed by atoms with E-state index in [-0.39, 0.29) is 0 Å². The Labute approximate surface area is 114 Å². The minimum atomic E-state index is 0.396. The van der Waals surface area contributed by atoms with Crippen molar-refractivity contribution in [2.24, 2.45) is 5.73 Å². The Hall–Kier alpha value is -1.13. The molecule has 18 heavy (non-hydrogen) atoms. The number of ether oxygens (including phenoxy) is 1. The number of rotatable bonds is 3. The summed E-state index contributed by atoms with van der Waals surface area (Å²) in [5.74, 6) is 0. The molecular weight excluding hydrogens is 244 g/mol. The van der Waals surface area contributed by atoms with Gasteiger partial charge < -0.3 is 15.4 Å². The minimum absolute atomic E-state index is 0.396. The molecule has 1 aliphatic rings. The monoisotopic (exact) mass is 264 g/mol. The van der Waals surface area contributed by atoms with E-state index in [0.29, 0.717) is 17.1 Å². The predicted octanol–water partition coefficient (Wildman–Crippen LogP) is 2.32. The quantitative estimate of drug-likeness (QED) is 0.850. The summed E-state index contributed by atoms with van der Waals surface area (Å²) in [6.45, 7) is 3.28. The Morgan fingerprint density at radius 2 is 2.06 bits per heavy atom. The van der Waals surface area contributed by atoms with Gasteiger partial charge in [0, 0.05) is 30.9 Å².